The molecule has 4 rings (SSSR count). The van der Waals surface area contributed by atoms with E-state index in [9.17, 15) is 4.79 Å². The summed E-state index contributed by atoms with van der Waals surface area (Å²) in [5.74, 6) is 0.969. The molecule has 1 fully saturated rings. The fourth-order valence-corrected chi connectivity index (χ4v) is 5.93. The van der Waals surface area contributed by atoms with Crippen LogP contribution in [0.3, 0.4) is 0 Å². The molecule has 0 unspecified atom stereocenters. The van der Waals surface area contributed by atoms with Crippen LogP contribution in [-0.2, 0) is 22.4 Å². The standard InChI is InChI=1S/C18H22N2O2S2/c1-11-6-7-13-14(8-11)24-18-16(13)17(19-10-20-18)23-9-15(21)22-12-4-2-3-5-12/h10-12H,2-9H2,1H3/t11-/m1/s1. The number of ether oxygens (including phenoxy) is 1. The minimum Gasteiger partial charge on any atom is -0.462 e. The number of fused-ring (bicyclic) bond motifs is 3. The molecule has 0 N–H and O–H groups in total. The van der Waals surface area contributed by atoms with Crippen LogP contribution in [0.1, 0.15) is 49.5 Å². The lowest BCUT2D eigenvalue weighted by atomic mass is 9.89. The van der Waals surface area contributed by atoms with E-state index in [4.69, 9.17) is 4.74 Å². The molecule has 0 spiro atoms. The zero-order chi connectivity index (χ0) is 16.5. The van der Waals surface area contributed by atoms with Gasteiger partial charge in [-0.25, -0.2) is 9.97 Å². The van der Waals surface area contributed by atoms with Crippen molar-refractivity contribution in [3.05, 3.63) is 16.8 Å². The van der Waals surface area contributed by atoms with E-state index in [2.05, 4.69) is 16.9 Å². The first-order valence-corrected chi connectivity index (χ1v) is 10.6. The van der Waals surface area contributed by atoms with E-state index in [-0.39, 0.29) is 12.1 Å². The van der Waals surface area contributed by atoms with Crippen LogP contribution in [0.4, 0.5) is 0 Å². The topological polar surface area (TPSA) is 52.1 Å². The average Bonchev–Trinajstić information content (AvgIpc) is 3.19. The van der Waals surface area contributed by atoms with Crippen LogP contribution >= 0.6 is 23.1 Å². The Labute approximate surface area is 150 Å². The number of nitrogens with zero attached hydrogens (tertiary/aromatic N) is 2. The Morgan fingerprint density at radius 2 is 2.17 bits per heavy atom. The summed E-state index contributed by atoms with van der Waals surface area (Å²) in [7, 11) is 0. The number of thiophene rings is 1. The number of aromatic nitrogens is 2. The van der Waals surface area contributed by atoms with Gasteiger partial charge < -0.3 is 4.74 Å². The predicted octanol–water partition coefficient (Wildman–Crippen LogP) is 4.39. The number of aryl methyl sites for hydroxylation is 1. The summed E-state index contributed by atoms with van der Waals surface area (Å²) < 4.78 is 5.55. The van der Waals surface area contributed by atoms with Crippen molar-refractivity contribution in [1.82, 2.24) is 9.97 Å². The van der Waals surface area contributed by atoms with Gasteiger partial charge in [-0.1, -0.05) is 18.7 Å². The van der Waals surface area contributed by atoms with E-state index in [0.717, 1.165) is 41.5 Å². The van der Waals surface area contributed by atoms with Crippen molar-refractivity contribution in [2.75, 3.05) is 5.75 Å². The van der Waals surface area contributed by atoms with Crippen molar-refractivity contribution in [1.29, 1.82) is 0 Å². The average molecular weight is 363 g/mol. The van der Waals surface area contributed by atoms with Crippen LogP contribution in [0.5, 0.6) is 0 Å². The fraction of sp³-hybridized carbons (Fsp3) is 0.611. The Balaban J connectivity index is 1.50. The normalized spacial score (nSPS) is 21.1. The van der Waals surface area contributed by atoms with E-state index in [0.29, 0.717) is 5.75 Å². The van der Waals surface area contributed by atoms with Crippen LogP contribution in [0.25, 0.3) is 10.2 Å². The van der Waals surface area contributed by atoms with Crippen LogP contribution in [-0.4, -0.2) is 27.8 Å². The van der Waals surface area contributed by atoms with Gasteiger partial charge in [0.15, 0.2) is 0 Å². The third kappa shape index (κ3) is 3.31. The molecule has 0 aliphatic heterocycles. The van der Waals surface area contributed by atoms with Crippen molar-refractivity contribution in [3.63, 3.8) is 0 Å². The minimum absolute atomic E-state index is 0.114. The molecule has 6 heteroatoms. The summed E-state index contributed by atoms with van der Waals surface area (Å²) in [6.07, 6.45) is 9.62. The van der Waals surface area contributed by atoms with E-state index in [1.54, 1.807) is 17.7 Å². The molecular weight excluding hydrogens is 340 g/mol. The molecule has 4 nitrogen and oxygen atoms in total. The number of carbonyl (C=O) groups excluding carboxylic acids is 1. The first-order chi connectivity index (χ1) is 11.7. The summed E-state index contributed by atoms with van der Waals surface area (Å²) in [5.41, 5.74) is 1.42. The van der Waals surface area contributed by atoms with E-state index >= 15 is 0 Å². The van der Waals surface area contributed by atoms with Gasteiger partial charge in [0, 0.05) is 10.3 Å². The quantitative estimate of drug-likeness (QED) is 0.458. The van der Waals surface area contributed by atoms with Gasteiger partial charge in [0.1, 0.15) is 22.3 Å². The fourth-order valence-electron chi connectivity index (χ4n) is 3.71. The van der Waals surface area contributed by atoms with Crippen molar-refractivity contribution >= 4 is 39.3 Å². The van der Waals surface area contributed by atoms with Crippen LogP contribution < -0.4 is 0 Å². The zero-order valence-corrected chi connectivity index (χ0v) is 15.5. The number of carbonyl (C=O) groups is 1. The highest BCUT2D eigenvalue weighted by molar-refractivity contribution is 8.00. The summed E-state index contributed by atoms with van der Waals surface area (Å²) in [6, 6.07) is 0. The molecule has 2 heterocycles. The Kier molecular flexibility index (Phi) is 4.77. The largest absolute Gasteiger partial charge is 0.462 e. The first kappa shape index (κ1) is 16.3. The van der Waals surface area contributed by atoms with Gasteiger partial charge in [-0.05, 0) is 56.4 Å². The molecule has 0 amide bonds. The number of thioether (sulfide) groups is 1. The van der Waals surface area contributed by atoms with Crippen molar-refractivity contribution in [2.45, 2.75) is 63.0 Å². The zero-order valence-electron chi connectivity index (χ0n) is 13.9. The molecular formula is C18H22N2O2S2. The summed E-state index contributed by atoms with van der Waals surface area (Å²) in [6.45, 7) is 2.31. The number of rotatable bonds is 4. The Hall–Kier alpha value is -1.14. The molecule has 1 saturated carbocycles. The summed E-state index contributed by atoms with van der Waals surface area (Å²) in [4.78, 5) is 23.5. The summed E-state index contributed by atoms with van der Waals surface area (Å²) >= 11 is 3.30. The van der Waals surface area contributed by atoms with Gasteiger partial charge in [-0.15, -0.1) is 11.3 Å². The smallest absolute Gasteiger partial charge is 0.316 e. The maximum atomic E-state index is 12.1. The van der Waals surface area contributed by atoms with Gasteiger partial charge in [0.25, 0.3) is 0 Å². The lowest BCUT2D eigenvalue weighted by Gasteiger charge is -2.18. The van der Waals surface area contributed by atoms with Gasteiger partial charge in [-0.2, -0.15) is 0 Å². The van der Waals surface area contributed by atoms with Crippen molar-refractivity contribution < 1.29 is 9.53 Å². The monoisotopic (exact) mass is 362 g/mol. The van der Waals surface area contributed by atoms with Crippen LogP contribution in [0, 0.1) is 5.92 Å². The molecule has 128 valence electrons. The SMILES string of the molecule is C[C@@H]1CCc2c(sc3ncnc(SCC(=O)OC4CCCC4)c23)C1. The Morgan fingerprint density at radius 1 is 1.33 bits per heavy atom. The van der Waals surface area contributed by atoms with E-state index in [1.165, 1.54) is 46.9 Å². The van der Waals surface area contributed by atoms with Crippen LogP contribution in [0.15, 0.2) is 11.4 Å². The Bertz CT molecular complexity index is 753. The highest BCUT2D eigenvalue weighted by Crippen LogP contribution is 2.40. The molecule has 24 heavy (non-hydrogen) atoms. The maximum Gasteiger partial charge on any atom is 0.316 e. The molecule has 2 aliphatic rings. The number of hydrogen-bond donors (Lipinski definition) is 0. The first-order valence-electron chi connectivity index (χ1n) is 8.78. The number of esters is 1. The number of hydrogen-bond acceptors (Lipinski definition) is 6. The highest BCUT2D eigenvalue weighted by Gasteiger charge is 2.24. The van der Waals surface area contributed by atoms with Gasteiger partial charge in [0.05, 0.1) is 5.75 Å². The molecule has 2 aromatic heterocycles. The molecule has 2 aliphatic carbocycles. The lowest BCUT2D eigenvalue weighted by molar-refractivity contribution is -0.145. The van der Waals surface area contributed by atoms with Crippen LogP contribution in [0.2, 0.25) is 0 Å². The highest BCUT2D eigenvalue weighted by atomic mass is 32.2. The lowest BCUT2D eigenvalue weighted by Crippen LogP contribution is -2.16. The second-order valence-corrected chi connectivity index (χ2v) is 8.94. The van der Waals surface area contributed by atoms with Crippen molar-refractivity contribution in [3.8, 4) is 0 Å². The van der Waals surface area contributed by atoms with Gasteiger partial charge in [-0.3, -0.25) is 4.79 Å². The minimum atomic E-state index is -0.114. The molecule has 0 aromatic carbocycles. The predicted molar refractivity (Wildman–Crippen MR) is 97.7 cm³/mol. The summed E-state index contributed by atoms with van der Waals surface area (Å²) in [5, 5.41) is 2.12. The molecule has 0 radical (unpaired) electrons. The van der Waals surface area contributed by atoms with Gasteiger partial charge >= 0.3 is 5.97 Å². The molecule has 0 saturated heterocycles. The van der Waals surface area contributed by atoms with Gasteiger partial charge in [0.2, 0.25) is 0 Å². The molecule has 1 atom stereocenters. The maximum absolute atomic E-state index is 12.1. The third-order valence-corrected chi connectivity index (χ3v) is 7.11. The Morgan fingerprint density at radius 3 is 3.00 bits per heavy atom. The van der Waals surface area contributed by atoms with E-state index < -0.39 is 0 Å². The van der Waals surface area contributed by atoms with Crippen molar-refractivity contribution in [2.24, 2.45) is 5.92 Å². The second-order valence-electron chi connectivity index (χ2n) is 6.90. The molecule has 0 bridgehead atoms. The molecule has 2 aromatic rings. The third-order valence-electron chi connectivity index (χ3n) is 4.98. The second kappa shape index (κ2) is 7.00. The van der Waals surface area contributed by atoms with E-state index in [1.807, 2.05) is 0 Å².